The van der Waals surface area contributed by atoms with Crippen LogP contribution in [-0.4, -0.2) is 48.5 Å². The van der Waals surface area contributed by atoms with Gasteiger partial charge in [0, 0.05) is 24.4 Å². The summed E-state index contributed by atoms with van der Waals surface area (Å²) in [5, 5.41) is 29.0. The standard InChI is InChI=1S/C45H64N4O3Si2/c1-42(2,3)53(11,12)50-26-24-49(25-27-51-54(13,14)43(4,5)6)38-22-20-34(21-23-38)18-19-36-28-35(29-44(7,8)30-36)16-15-17-40-39(33-48)41(37(31-46)32-47)52-45(40,9)10/h15-23,28H,24-27,29-30H2,1-14H3/b17-15+,19-18+,35-16+. The molecule has 0 fully saturated rings. The van der Waals surface area contributed by atoms with Crippen molar-refractivity contribution in [1.29, 1.82) is 15.8 Å². The highest BCUT2D eigenvalue weighted by Gasteiger charge is 2.40. The second-order valence-corrected chi connectivity index (χ2v) is 28.5. The number of ether oxygens (including phenoxy) is 1. The van der Waals surface area contributed by atoms with Crippen LogP contribution in [-0.2, 0) is 13.6 Å². The average Bonchev–Trinajstić information content (AvgIpc) is 3.30. The maximum Gasteiger partial charge on any atom is 0.192 e. The summed E-state index contributed by atoms with van der Waals surface area (Å²) in [5.41, 5.74) is 4.67. The van der Waals surface area contributed by atoms with Crippen molar-refractivity contribution in [2.45, 2.75) is 124 Å². The predicted molar refractivity (Wildman–Crippen MR) is 228 cm³/mol. The zero-order valence-corrected chi connectivity index (χ0v) is 37.5. The number of anilines is 1. The summed E-state index contributed by atoms with van der Waals surface area (Å²) >= 11 is 0. The molecule has 3 rings (SSSR count). The fourth-order valence-corrected chi connectivity index (χ4v) is 8.17. The molecule has 0 amide bonds. The number of hydrogen-bond acceptors (Lipinski definition) is 7. The van der Waals surface area contributed by atoms with E-state index >= 15 is 0 Å². The zero-order valence-electron chi connectivity index (χ0n) is 35.5. The summed E-state index contributed by atoms with van der Waals surface area (Å²) in [5.74, 6) is 0.0537. The van der Waals surface area contributed by atoms with Gasteiger partial charge in [-0.15, -0.1) is 0 Å². The number of benzene rings is 1. The molecular weight excluding hydrogens is 701 g/mol. The van der Waals surface area contributed by atoms with Crippen LogP contribution < -0.4 is 4.90 Å². The monoisotopic (exact) mass is 764 g/mol. The van der Waals surface area contributed by atoms with Crippen molar-refractivity contribution in [1.82, 2.24) is 0 Å². The summed E-state index contributed by atoms with van der Waals surface area (Å²) < 4.78 is 19.1. The molecule has 1 aromatic carbocycles. The van der Waals surface area contributed by atoms with Gasteiger partial charge in [-0.3, -0.25) is 0 Å². The van der Waals surface area contributed by atoms with Gasteiger partial charge in [0.05, 0.1) is 13.2 Å². The molecule has 1 aromatic rings. The van der Waals surface area contributed by atoms with E-state index in [-0.39, 0.29) is 32.4 Å². The molecule has 0 atom stereocenters. The highest BCUT2D eigenvalue weighted by atomic mass is 28.4. The molecule has 1 heterocycles. The second-order valence-electron chi connectivity index (χ2n) is 18.9. The van der Waals surface area contributed by atoms with Gasteiger partial charge in [-0.05, 0) is 97.2 Å². The van der Waals surface area contributed by atoms with Crippen molar-refractivity contribution >= 4 is 28.4 Å². The first kappa shape index (κ1) is 44.5. The van der Waals surface area contributed by atoms with Gasteiger partial charge in [0.25, 0.3) is 0 Å². The fourth-order valence-electron chi connectivity index (χ4n) is 6.10. The Kier molecular flexibility index (Phi) is 14.2. The van der Waals surface area contributed by atoms with Crippen molar-refractivity contribution < 1.29 is 13.6 Å². The maximum atomic E-state index is 9.88. The molecule has 0 saturated heterocycles. The first-order chi connectivity index (χ1) is 24.9. The van der Waals surface area contributed by atoms with E-state index in [1.807, 2.05) is 38.1 Å². The Bertz CT molecular complexity index is 1790. The second kappa shape index (κ2) is 17.3. The minimum Gasteiger partial charge on any atom is -0.480 e. The molecule has 290 valence electrons. The lowest BCUT2D eigenvalue weighted by molar-refractivity contribution is 0.0954. The highest BCUT2D eigenvalue weighted by Crippen LogP contribution is 2.42. The molecular formula is C45H64N4O3Si2. The Balaban J connectivity index is 1.82. The number of hydrogen-bond donors (Lipinski definition) is 0. The molecule has 0 saturated carbocycles. The normalized spacial score (nSPS) is 18.4. The van der Waals surface area contributed by atoms with Gasteiger partial charge in [-0.25, -0.2) is 0 Å². The van der Waals surface area contributed by atoms with E-state index < -0.39 is 22.2 Å². The molecule has 0 aromatic heterocycles. The third kappa shape index (κ3) is 11.5. The highest BCUT2D eigenvalue weighted by molar-refractivity contribution is 6.74. The molecule has 0 radical (unpaired) electrons. The van der Waals surface area contributed by atoms with E-state index in [2.05, 4.69) is 141 Å². The lowest BCUT2D eigenvalue weighted by Gasteiger charge is -2.38. The molecule has 0 bridgehead atoms. The Morgan fingerprint density at radius 3 is 1.83 bits per heavy atom. The van der Waals surface area contributed by atoms with Crippen molar-refractivity contribution in [2.75, 3.05) is 31.2 Å². The van der Waals surface area contributed by atoms with E-state index in [1.165, 1.54) is 16.8 Å². The fraction of sp³-hybridized carbons (Fsp3) is 0.533. The predicted octanol–water partition coefficient (Wildman–Crippen LogP) is 11.7. The van der Waals surface area contributed by atoms with Gasteiger partial charge < -0.3 is 18.5 Å². The molecule has 0 unspecified atom stereocenters. The number of allylic oxidation sites excluding steroid dienone is 8. The van der Waals surface area contributed by atoms with E-state index in [0.29, 0.717) is 18.8 Å². The Morgan fingerprint density at radius 1 is 0.815 bits per heavy atom. The Morgan fingerprint density at radius 2 is 1.35 bits per heavy atom. The van der Waals surface area contributed by atoms with Crippen LogP contribution in [0.1, 0.15) is 87.6 Å². The van der Waals surface area contributed by atoms with Gasteiger partial charge in [0.2, 0.25) is 0 Å². The van der Waals surface area contributed by atoms with Crippen LogP contribution in [0.5, 0.6) is 0 Å². The summed E-state index contributed by atoms with van der Waals surface area (Å²) in [6.07, 6.45) is 14.4. The Labute approximate surface area is 329 Å². The van der Waals surface area contributed by atoms with Crippen LogP contribution in [0.15, 0.2) is 88.3 Å². The van der Waals surface area contributed by atoms with E-state index in [0.717, 1.165) is 31.5 Å². The molecule has 0 N–H and O–H groups in total. The van der Waals surface area contributed by atoms with Gasteiger partial charge in [-0.1, -0.05) is 104 Å². The lowest BCUT2D eigenvalue weighted by Crippen LogP contribution is -2.44. The van der Waals surface area contributed by atoms with Crippen LogP contribution in [0.25, 0.3) is 6.08 Å². The van der Waals surface area contributed by atoms with Gasteiger partial charge in [0.1, 0.15) is 29.4 Å². The van der Waals surface area contributed by atoms with E-state index in [4.69, 9.17) is 13.6 Å². The molecule has 1 aliphatic heterocycles. The topological polar surface area (TPSA) is 102 Å². The van der Waals surface area contributed by atoms with Gasteiger partial charge >= 0.3 is 0 Å². The van der Waals surface area contributed by atoms with Crippen molar-refractivity contribution in [2.24, 2.45) is 5.41 Å². The van der Waals surface area contributed by atoms with Crippen molar-refractivity contribution in [3.05, 3.63) is 93.8 Å². The van der Waals surface area contributed by atoms with Crippen molar-refractivity contribution in [3.63, 3.8) is 0 Å². The van der Waals surface area contributed by atoms with Crippen LogP contribution in [0.3, 0.4) is 0 Å². The SMILES string of the molecule is CC1(C)CC(/C=C/c2ccc(N(CCO[Si](C)(C)C(C)(C)C)CCO[Si](C)(C)C(C)(C)C)cc2)=CC(=C\C=C\C2=C(C#N)C(=C(C#N)C#N)OC2(C)C)/C1. The van der Waals surface area contributed by atoms with Crippen LogP contribution in [0.4, 0.5) is 5.69 Å². The molecule has 54 heavy (non-hydrogen) atoms. The smallest absolute Gasteiger partial charge is 0.192 e. The maximum absolute atomic E-state index is 9.88. The van der Waals surface area contributed by atoms with Gasteiger partial charge in [0.15, 0.2) is 28.0 Å². The van der Waals surface area contributed by atoms with Gasteiger partial charge in [-0.2, -0.15) is 15.8 Å². The third-order valence-corrected chi connectivity index (χ3v) is 20.5. The first-order valence-electron chi connectivity index (χ1n) is 19.1. The Hall–Kier alpha value is -3.92. The average molecular weight is 765 g/mol. The largest absolute Gasteiger partial charge is 0.480 e. The van der Waals surface area contributed by atoms with E-state index in [1.54, 1.807) is 0 Å². The van der Waals surface area contributed by atoms with Crippen LogP contribution >= 0.6 is 0 Å². The lowest BCUT2D eigenvalue weighted by atomic mass is 9.75. The summed E-state index contributed by atoms with van der Waals surface area (Å²) in [6, 6.07) is 14.6. The van der Waals surface area contributed by atoms with Crippen molar-refractivity contribution in [3.8, 4) is 18.2 Å². The summed E-state index contributed by atoms with van der Waals surface area (Å²) in [6.45, 7) is 34.2. The molecule has 9 heteroatoms. The number of nitrogens with zero attached hydrogens (tertiary/aromatic N) is 4. The summed E-state index contributed by atoms with van der Waals surface area (Å²) in [4.78, 5) is 2.40. The first-order valence-corrected chi connectivity index (χ1v) is 25.0. The molecule has 7 nitrogen and oxygen atoms in total. The molecule has 2 aliphatic rings. The van der Waals surface area contributed by atoms with E-state index in [9.17, 15) is 15.8 Å². The van der Waals surface area contributed by atoms with Crippen LogP contribution in [0, 0.1) is 39.4 Å². The minimum absolute atomic E-state index is 0.0537. The third-order valence-electron chi connectivity index (χ3n) is 11.4. The molecule has 1 aliphatic carbocycles. The summed E-state index contributed by atoms with van der Waals surface area (Å²) in [7, 11) is -3.71. The van der Waals surface area contributed by atoms with Crippen LogP contribution in [0.2, 0.25) is 36.3 Å². The zero-order chi connectivity index (χ0) is 40.8. The quantitative estimate of drug-likeness (QED) is 0.145. The molecule has 0 spiro atoms. The minimum atomic E-state index is -1.86. The number of nitriles is 3. The number of rotatable bonds is 13.